The Morgan fingerprint density at radius 1 is 0.604 bits per heavy atom. The minimum atomic E-state index is -2.84. The van der Waals surface area contributed by atoms with Gasteiger partial charge in [-0.3, -0.25) is 0 Å². The van der Waals surface area contributed by atoms with Crippen molar-refractivity contribution in [3.8, 4) is 11.1 Å². The van der Waals surface area contributed by atoms with Crippen molar-refractivity contribution in [2.45, 2.75) is 90.1 Å². The fraction of sp³-hybridized carbons (Fsp3) is 0.356. The monoisotopic (exact) mass is 752 g/mol. The molecule has 0 fully saturated rings. The quantitative estimate of drug-likeness (QED) is 0.222. The molecule has 0 unspecified atom stereocenters. The van der Waals surface area contributed by atoms with Crippen molar-refractivity contribution in [1.82, 2.24) is 0 Å². The van der Waals surface area contributed by atoms with Crippen LogP contribution in [0.4, 0.5) is 0 Å². The maximum absolute atomic E-state index is 2.84. The number of fused-ring (bicyclic) bond motifs is 3. The van der Waals surface area contributed by atoms with Crippen molar-refractivity contribution < 1.29 is 46.1 Å². The van der Waals surface area contributed by atoms with E-state index in [9.17, 15) is 0 Å². The molecule has 0 radical (unpaired) electrons. The van der Waals surface area contributed by atoms with Gasteiger partial charge in [0.15, 0.2) is 0 Å². The van der Waals surface area contributed by atoms with E-state index in [0.717, 1.165) is 6.42 Å². The fourth-order valence-corrected chi connectivity index (χ4v) is 16.7. The fourth-order valence-electron chi connectivity index (χ4n) is 7.57. The van der Waals surface area contributed by atoms with Gasteiger partial charge in [-0.25, -0.2) is 0 Å². The number of allylic oxidation sites excluding steroid dienone is 4. The summed E-state index contributed by atoms with van der Waals surface area (Å²) in [5, 5.41) is 0. The van der Waals surface area contributed by atoms with E-state index in [2.05, 4.69) is 172 Å². The van der Waals surface area contributed by atoms with E-state index in [1.165, 1.54) is 33.4 Å². The molecule has 0 aliphatic heterocycles. The third-order valence-corrected chi connectivity index (χ3v) is 18.4. The van der Waals surface area contributed by atoms with Crippen LogP contribution in [0.25, 0.3) is 11.1 Å². The molecule has 48 heavy (non-hydrogen) atoms. The molecule has 0 heterocycles. The van der Waals surface area contributed by atoms with Gasteiger partial charge in [-0.05, 0) is 0 Å². The predicted octanol–water partition coefficient (Wildman–Crippen LogP) is 6.14. The standard InChI is InChI=1S/C21H25.C13H10.C11H17.2ClH.Zr/c1-20(2,3)16-7-9-18-14(12-16)11-15-13-17(21(4,5)6)8-10-19(15)18;1-3-7-12(8-4-1)11-13-9-5-2-6-10-13;1-8(2)10-6-5-7-11(10)9(3)4;;;/h7-13H,1-6H3;1-10H;6,8-9H,7H2,1-4H3;2*1H;/q;;;;;+2/p-2. The van der Waals surface area contributed by atoms with E-state index in [0.29, 0.717) is 15.5 Å². The largest absolute Gasteiger partial charge is 1.00 e. The summed E-state index contributed by atoms with van der Waals surface area (Å²) >= 11 is -2.84. The molecular weight excluding hydrogens is 703 g/mol. The molecule has 4 aromatic carbocycles. The first kappa shape index (κ1) is 38.5. The van der Waals surface area contributed by atoms with E-state index in [1.807, 2.05) is 0 Å². The van der Waals surface area contributed by atoms with Gasteiger partial charge >= 0.3 is 288 Å². The molecule has 0 saturated heterocycles. The Morgan fingerprint density at radius 3 is 1.40 bits per heavy atom. The zero-order valence-corrected chi connectivity index (χ0v) is 34.5. The molecule has 6 rings (SSSR count). The van der Waals surface area contributed by atoms with Gasteiger partial charge in [-0.15, -0.1) is 0 Å². The average molecular weight is 755 g/mol. The summed E-state index contributed by atoms with van der Waals surface area (Å²) in [7, 11) is 0. The number of halogens is 2. The maximum Gasteiger partial charge on any atom is -1.00 e. The maximum atomic E-state index is 2.71. The topological polar surface area (TPSA) is 0 Å². The molecule has 3 heteroatoms. The summed E-state index contributed by atoms with van der Waals surface area (Å²) in [6, 6.07) is 37.8. The molecule has 0 saturated carbocycles. The van der Waals surface area contributed by atoms with Crippen molar-refractivity contribution in [2.24, 2.45) is 11.8 Å². The second-order valence-corrected chi connectivity index (χ2v) is 22.5. The van der Waals surface area contributed by atoms with Gasteiger partial charge in [0, 0.05) is 0 Å². The molecule has 0 aromatic heterocycles. The van der Waals surface area contributed by atoms with Crippen LogP contribution in [0.5, 0.6) is 0 Å². The number of benzene rings is 4. The van der Waals surface area contributed by atoms with Gasteiger partial charge in [-0.2, -0.15) is 0 Å². The van der Waals surface area contributed by atoms with E-state index < -0.39 is 21.3 Å². The Kier molecular flexibility index (Phi) is 11.9. The average Bonchev–Trinajstić information content (AvgIpc) is 3.60. The molecule has 0 N–H and O–H groups in total. The molecule has 0 bridgehead atoms. The van der Waals surface area contributed by atoms with Crippen LogP contribution in [-0.4, -0.2) is 3.21 Å². The Balaban J connectivity index is 0.00000260. The van der Waals surface area contributed by atoms with Crippen molar-refractivity contribution in [1.29, 1.82) is 0 Å². The van der Waals surface area contributed by atoms with Crippen LogP contribution in [0.15, 0.2) is 118 Å². The second-order valence-electron chi connectivity index (χ2n) is 16.2. The van der Waals surface area contributed by atoms with Crippen molar-refractivity contribution in [3.05, 3.63) is 151 Å². The molecule has 2 aliphatic carbocycles. The first-order valence-corrected chi connectivity index (χ1v) is 21.2. The molecule has 4 aromatic rings. The number of rotatable bonds is 6. The van der Waals surface area contributed by atoms with Crippen LogP contribution in [0.3, 0.4) is 0 Å². The van der Waals surface area contributed by atoms with Crippen LogP contribution in [0, 0.1) is 11.8 Å². The van der Waals surface area contributed by atoms with Gasteiger partial charge in [0.2, 0.25) is 0 Å². The summed E-state index contributed by atoms with van der Waals surface area (Å²) < 4.78 is 3.79. The van der Waals surface area contributed by atoms with E-state index in [4.69, 9.17) is 0 Å². The Hall–Kier alpha value is -2.31. The Labute approximate surface area is 311 Å². The van der Waals surface area contributed by atoms with Crippen LogP contribution < -0.4 is 24.8 Å². The zero-order chi connectivity index (χ0) is 33.0. The minimum absolute atomic E-state index is 0. The van der Waals surface area contributed by atoms with Crippen molar-refractivity contribution in [3.63, 3.8) is 0 Å². The molecule has 0 nitrogen and oxygen atoms in total. The molecule has 0 atom stereocenters. The summed E-state index contributed by atoms with van der Waals surface area (Å²) in [6.07, 6.45) is 3.84. The van der Waals surface area contributed by atoms with Crippen LogP contribution in [0.2, 0.25) is 0 Å². The van der Waals surface area contributed by atoms with E-state index >= 15 is 0 Å². The molecular formula is C45H52Cl2Zr. The van der Waals surface area contributed by atoms with E-state index in [1.54, 1.807) is 28.8 Å². The second kappa shape index (κ2) is 14.9. The third kappa shape index (κ3) is 7.41. The number of hydrogen-bond donors (Lipinski definition) is 0. The normalized spacial score (nSPS) is 14.2. The summed E-state index contributed by atoms with van der Waals surface area (Å²) in [6.45, 7) is 23.8. The summed E-state index contributed by atoms with van der Waals surface area (Å²) in [5.41, 5.74) is 15.1. The SMILES string of the molecule is CC(C)C1=C(C(C)C)C[C]([Zr+2](=[C](c2ccccc2)c2ccccc2)[CH]2c3cc(C(C)(C)C)ccc3-c3ccc(C(C)(C)C)cc32)=C1.[Cl-].[Cl-]. The summed E-state index contributed by atoms with van der Waals surface area (Å²) in [4.78, 5) is 0. The predicted molar refractivity (Wildman–Crippen MR) is 197 cm³/mol. The van der Waals surface area contributed by atoms with Gasteiger partial charge in [0.1, 0.15) is 0 Å². The molecule has 2 aliphatic rings. The van der Waals surface area contributed by atoms with Crippen LogP contribution in [0.1, 0.15) is 113 Å². The van der Waals surface area contributed by atoms with Gasteiger partial charge in [0.05, 0.1) is 0 Å². The molecule has 0 amide bonds. The van der Waals surface area contributed by atoms with Crippen LogP contribution >= 0.6 is 0 Å². The summed E-state index contributed by atoms with van der Waals surface area (Å²) in [5.74, 6) is 1.08. The first-order valence-electron chi connectivity index (χ1n) is 17.3. The zero-order valence-electron chi connectivity index (χ0n) is 30.5. The van der Waals surface area contributed by atoms with E-state index in [-0.39, 0.29) is 35.6 Å². The molecule has 250 valence electrons. The van der Waals surface area contributed by atoms with Crippen molar-refractivity contribution >= 4 is 3.21 Å². The van der Waals surface area contributed by atoms with Gasteiger partial charge in [-0.1, -0.05) is 0 Å². The number of hydrogen-bond acceptors (Lipinski definition) is 0. The van der Waals surface area contributed by atoms with Crippen molar-refractivity contribution in [2.75, 3.05) is 0 Å². The molecule has 0 spiro atoms. The minimum Gasteiger partial charge on any atom is -1.00 e. The van der Waals surface area contributed by atoms with Gasteiger partial charge in [0.25, 0.3) is 0 Å². The van der Waals surface area contributed by atoms with Gasteiger partial charge < -0.3 is 24.8 Å². The smallest absolute Gasteiger partial charge is 1.00 e. The van der Waals surface area contributed by atoms with Crippen LogP contribution in [-0.2, 0) is 32.1 Å². The Morgan fingerprint density at radius 2 is 1.04 bits per heavy atom. The first-order chi connectivity index (χ1) is 21.8. The Bertz CT molecular complexity index is 1760. The third-order valence-electron chi connectivity index (χ3n) is 10.2.